The van der Waals surface area contributed by atoms with Crippen LogP contribution in [-0.4, -0.2) is 14.5 Å². The van der Waals surface area contributed by atoms with Crippen LogP contribution in [0.25, 0.3) is 70.3 Å². The molecule has 0 radical (unpaired) electrons. The molecule has 0 saturated heterocycles. The van der Waals surface area contributed by atoms with Crippen molar-refractivity contribution in [3.05, 3.63) is 126 Å². The summed E-state index contributed by atoms with van der Waals surface area (Å²) >= 11 is 1.70. The van der Waals surface area contributed by atoms with E-state index in [9.17, 15) is 4.39 Å². The Kier molecular flexibility index (Phi) is 4.72. The van der Waals surface area contributed by atoms with Gasteiger partial charge in [0.05, 0.1) is 21.3 Å². The third kappa shape index (κ3) is 3.14. The summed E-state index contributed by atoms with van der Waals surface area (Å²) < 4.78 is 18.2. The Labute approximate surface area is 245 Å². The van der Waals surface area contributed by atoms with Crippen molar-refractivity contribution in [1.29, 1.82) is 0 Å². The van der Waals surface area contributed by atoms with Gasteiger partial charge in [0.25, 0.3) is 0 Å². The lowest BCUT2D eigenvalue weighted by atomic mass is 9.82. The molecule has 1 aliphatic rings. The Morgan fingerprint density at radius 3 is 2.43 bits per heavy atom. The Bertz CT molecular complexity index is 2400. The van der Waals surface area contributed by atoms with E-state index in [0.29, 0.717) is 5.82 Å². The van der Waals surface area contributed by atoms with Crippen LogP contribution in [0.2, 0.25) is 0 Å². The van der Waals surface area contributed by atoms with Gasteiger partial charge in [-0.05, 0) is 65.2 Å². The van der Waals surface area contributed by atoms with E-state index in [1.54, 1.807) is 23.5 Å². The fourth-order valence-electron chi connectivity index (χ4n) is 6.94. The number of halogens is 1. The highest BCUT2D eigenvalue weighted by Crippen LogP contribution is 2.53. The first-order valence-electron chi connectivity index (χ1n) is 14.1. The molecule has 0 fully saturated rings. The Hall–Kier alpha value is -4.87. The summed E-state index contributed by atoms with van der Waals surface area (Å²) in [4.78, 5) is 9.59. The molecule has 5 aromatic carbocycles. The SMILES string of the molecule is CC1(C)c2ccccc2-c2c1ccc1c3ccccc3n(-c3ccc4sc5cnc(-c6ccc(F)cc6)nc5c4c3)c21. The lowest BCUT2D eigenvalue weighted by Crippen LogP contribution is -2.14. The molecule has 3 aromatic heterocycles. The van der Waals surface area contributed by atoms with Gasteiger partial charge in [-0.15, -0.1) is 11.3 Å². The number of benzene rings is 5. The van der Waals surface area contributed by atoms with Gasteiger partial charge in [0.15, 0.2) is 5.82 Å². The van der Waals surface area contributed by atoms with E-state index < -0.39 is 0 Å². The summed E-state index contributed by atoms with van der Waals surface area (Å²) in [6, 6.07) is 35.2. The van der Waals surface area contributed by atoms with Crippen molar-refractivity contribution >= 4 is 53.4 Å². The van der Waals surface area contributed by atoms with Gasteiger partial charge in [0.1, 0.15) is 5.82 Å². The monoisotopic (exact) mass is 561 g/mol. The van der Waals surface area contributed by atoms with Gasteiger partial charge in [-0.3, -0.25) is 0 Å². The molecule has 0 spiro atoms. The molecule has 0 unspecified atom stereocenters. The van der Waals surface area contributed by atoms with Crippen molar-refractivity contribution in [3.63, 3.8) is 0 Å². The zero-order valence-corrected chi connectivity index (χ0v) is 23.8. The summed E-state index contributed by atoms with van der Waals surface area (Å²) in [6.45, 7) is 4.66. The van der Waals surface area contributed by atoms with E-state index in [4.69, 9.17) is 4.98 Å². The van der Waals surface area contributed by atoms with Gasteiger partial charge >= 0.3 is 0 Å². The maximum absolute atomic E-state index is 13.6. The molecule has 0 N–H and O–H groups in total. The topological polar surface area (TPSA) is 30.7 Å². The summed E-state index contributed by atoms with van der Waals surface area (Å²) in [7, 11) is 0. The van der Waals surface area contributed by atoms with Crippen molar-refractivity contribution in [3.8, 4) is 28.2 Å². The first-order valence-corrected chi connectivity index (χ1v) is 14.9. The minimum absolute atomic E-state index is 0.0808. The Balaban J connectivity index is 1.36. The molecule has 200 valence electrons. The van der Waals surface area contributed by atoms with Crippen LogP contribution < -0.4 is 0 Å². The van der Waals surface area contributed by atoms with Crippen molar-refractivity contribution in [2.75, 3.05) is 0 Å². The molecule has 3 heterocycles. The number of hydrogen-bond acceptors (Lipinski definition) is 3. The normalized spacial score (nSPS) is 13.8. The number of rotatable bonds is 2. The lowest BCUT2D eigenvalue weighted by molar-refractivity contribution is 0.628. The third-order valence-electron chi connectivity index (χ3n) is 8.93. The number of para-hydroxylation sites is 1. The first kappa shape index (κ1) is 23.8. The minimum atomic E-state index is -0.269. The van der Waals surface area contributed by atoms with E-state index in [2.05, 4.69) is 102 Å². The second-order valence-electron chi connectivity index (χ2n) is 11.6. The number of thiophene rings is 1. The average molecular weight is 562 g/mol. The largest absolute Gasteiger partial charge is 0.309 e. The molecule has 8 aromatic rings. The highest BCUT2D eigenvalue weighted by Gasteiger charge is 2.37. The van der Waals surface area contributed by atoms with Gasteiger partial charge in [-0.2, -0.15) is 0 Å². The van der Waals surface area contributed by atoms with Crippen LogP contribution in [0.1, 0.15) is 25.0 Å². The Morgan fingerprint density at radius 1 is 0.738 bits per heavy atom. The standard InChI is InChI=1S/C37H24FN3S/c1-37(2)28-9-5-3-8-26(28)33-29(37)17-16-25-24-7-4-6-10-30(24)41(35(25)33)23-15-18-31-27(19-23)34-32(42-31)20-39-36(40-34)21-11-13-22(38)14-12-21/h3-20H,1-2H3. The van der Waals surface area contributed by atoms with Gasteiger partial charge in [-0.1, -0.05) is 68.4 Å². The summed E-state index contributed by atoms with van der Waals surface area (Å²) in [6.07, 6.45) is 1.89. The van der Waals surface area contributed by atoms with E-state index in [1.165, 1.54) is 56.2 Å². The van der Waals surface area contributed by atoms with Gasteiger partial charge in [0.2, 0.25) is 0 Å². The van der Waals surface area contributed by atoms with Crippen LogP contribution in [-0.2, 0) is 5.41 Å². The fourth-order valence-corrected chi connectivity index (χ4v) is 7.93. The molecule has 0 atom stereocenters. The highest BCUT2D eigenvalue weighted by atomic mass is 32.1. The Morgan fingerprint density at radius 2 is 1.55 bits per heavy atom. The van der Waals surface area contributed by atoms with E-state index in [1.807, 2.05) is 6.20 Å². The molecule has 5 heteroatoms. The number of aromatic nitrogens is 3. The number of nitrogens with zero attached hydrogens (tertiary/aromatic N) is 3. The molecular formula is C37H24FN3S. The molecule has 9 rings (SSSR count). The molecule has 0 aliphatic heterocycles. The molecular weight excluding hydrogens is 537 g/mol. The van der Waals surface area contributed by atoms with E-state index in [0.717, 1.165) is 31.6 Å². The number of hydrogen-bond donors (Lipinski definition) is 0. The van der Waals surface area contributed by atoms with Gasteiger partial charge in [0, 0.05) is 49.3 Å². The van der Waals surface area contributed by atoms with Crippen molar-refractivity contribution in [1.82, 2.24) is 14.5 Å². The lowest BCUT2D eigenvalue weighted by Gasteiger charge is -2.21. The quantitative estimate of drug-likeness (QED) is 0.210. The summed E-state index contributed by atoms with van der Waals surface area (Å²) in [5.41, 5.74) is 10.5. The van der Waals surface area contributed by atoms with E-state index in [-0.39, 0.29) is 11.2 Å². The predicted molar refractivity (Wildman–Crippen MR) is 172 cm³/mol. The third-order valence-corrected chi connectivity index (χ3v) is 10.0. The predicted octanol–water partition coefficient (Wildman–Crippen LogP) is 10.1. The van der Waals surface area contributed by atoms with Crippen LogP contribution in [0.15, 0.2) is 109 Å². The minimum Gasteiger partial charge on any atom is -0.309 e. The van der Waals surface area contributed by atoms with Gasteiger partial charge in [-0.25, -0.2) is 14.4 Å². The van der Waals surface area contributed by atoms with Gasteiger partial charge < -0.3 is 4.57 Å². The number of fused-ring (bicyclic) bond motifs is 10. The molecule has 1 aliphatic carbocycles. The van der Waals surface area contributed by atoms with E-state index >= 15 is 0 Å². The molecule has 0 amide bonds. The zero-order valence-electron chi connectivity index (χ0n) is 23.0. The average Bonchev–Trinajstić information content (AvgIpc) is 3.63. The second kappa shape index (κ2) is 8.34. The molecule has 42 heavy (non-hydrogen) atoms. The van der Waals surface area contributed by atoms with Crippen molar-refractivity contribution in [2.45, 2.75) is 19.3 Å². The van der Waals surface area contributed by atoms with Crippen molar-refractivity contribution in [2.24, 2.45) is 0 Å². The maximum atomic E-state index is 13.6. The second-order valence-corrected chi connectivity index (χ2v) is 12.7. The summed E-state index contributed by atoms with van der Waals surface area (Å²) in [5, 5.41) is 3.60. The van der Waals surface area contributed by atoms with Crippen LogP contribution in [0, 0.1) is 5.82 Å². The highest BCUT2D eigenvalue weighted by molar-refractivity contribution is 7.25. The van der Waals surface area contributed by atoms with Crippen LogP contribution in [0.3, 0.4) is 0 Å². The summed E-state index contributed by atoms with van der Waals surface area (Å²) in [5.74, 6) is 0.329. The smallest absolute Gasteiger partial charge is 0.159 e. The van der Waals surface area contributed by atoms with Crippen LogP contribution in [0.4, 0.5) is 4.39 Å². The van der Waals surface area contributed by atoms with Crippen molar-refractivity contribution < 1.29 is 4.39 Å². The maximum Gasteiger partial charge on any atom is 0.159 e. The fraction of sp³-hybridized carbons (Fsp3) is 0.0811. The molecule has 0 bridgehead atoms. The first-order chi connectivity index (χ1) is 20.5. The molecule has 3 nitrogen and oxygen atoms in total. The zero-order chi connectivity index (χ0) is 28.2. The van der Waals surface area contributed by atoms with Crippen LogP contribution >= 0.6 is 11.3 Å². The van der Waals surface area contributed by atoms with Crippen LogP contribution in [0.5, 0.6) is 0 Å². The molecule has 0 saturated carbocycles.